The Hall–Kier alpha value is -4.71. The number of benzene rings is 2. The molecule has 12 heteroatoms. The van der Waals surface area contributed by atoms with Crippen molar-refractivity contribution in [2.24, 2.45) is 5.41 Å². The maximum atomic E-state index is 14.0. The van der Waals surface area contributed by atoms with Gasteiger partial charge in [0.15, 0.2) is 0 Å². The van der Waals surface area contributed by atoms with Gasteiger partial charge in [-0.1, -0.05) is 63.2 Å². The number of imide groups is 1. The first kappa shape index (κ1) is 38.5. The van der Waals surface area contributed by atoms with Crippen LogP contribution in [0.5, 0.6) is 0 Å². The van der Waals surface area contributed by atoms with E-state index >= 15 is 0 Å². The topological polar surface area (TPSA) is 141 Å². The van der Waals surface area contributed by atoms with Gasteiger partial charge in [-0.25, -0.2) is 4.79 Å². The Morgan fingerprint density at radius 2 is 1.58 bits per heavy atom. The fraction of sp³-hybridized carbons (Fsp3) is 0.450. The molecule has 0 saturated carbocycles. The number of aromatic nitrogens is 1. The molecule has 1 aliphatic carbocycles. The molecule has 52 heavy (non-hydrogen) atoms. The average Bonchev–Trinajstić information content (AvgIpc) is 3.54. The van der Waals surface area contributed by atoms with Crippen molar-refractivity contribution < 1.29 is 24.0 Å². The number of thiol groups is 1. The van der Waals surface area contributed by atoms with Crippen LogP contribution in [0.3, 0.4) is 0 Å². The molecule has 3 N–H and O–H groups in total. The first-order valence-electron chi connectivity index (χ1n) is 17.9. The van der Waals surface area contributed by atoms with Crippen LogP contribution >= 0.6 is 12.6 Å². The summed E-state index contributed by atoms with van der Waals surface area (Å²) < 4.78 is 0. The summed E-state index contributed by atoms with van der Waals surface area (Å²) in [4.78, 5) is 72.9. The van der Waals surface area contributed by atoms with Gasteiger partial charge in [0.1, 0.15) is 17.6 Å². The van der Waals surface area contributed by atoms with Gasteiger partial charge in [0.25, 0.3) is 5.91 Å². The molecule has 0 spiro atoms. The summed E-state index contributed by atoms with van der Waals surface area (Å²) in [6.45, 7) is 9.14. The van der Waals surface area contributed by atoms with Crippen LogP contribution in [0.1, 0.15) is 77.0 Å². The minimum atomic E-state index is -0.935. The van der Waals surface area contributed by atoms with Crippen LogP contribution in [-0.2, 0) is 32.0 Å². The lowest BCUT2D eigenvalue weighted by atomic mass is 9.85. The highest BCUT2D eigenvalue weighted by atomic mass is 32.1. The number of hydrogen-bond donors (Lipinski definition) is 4. The highest BCUT2D eigenvalue weighted by Crippen LogP contribution is 2.37. The lowest BCUT2D eigenvalue weighted by molar-refractivity contribution is -0.132. The van der Waals surface area contributed by atoms with Crippen LogP contribution in [0.4, 0.5) is 10.5 Å². The summed E-state index contributed by atoms with van der Waals surface area (Å²) in [7, 11) is 1.59. The van der Waals surface area contributed by atoms with Crippen LogP contribution < -0.4 is 16.0 Å². The molecule has 1 saturated heterocycles. The van der Waals surface area contributed by atoms with Crippen molar-refractivity contribution in [3.05, 3.63) is 83.7 Å². The lowest BCUT2D eigenvalue weighted by Crippen LogP contribution is -2.57. The number of amides is 6. The minimum absolute atomic E-state index is 0.158. The molecule has 0 radical (unpaired) electrons. The summed E-state index contributed by atoms with van der Waals surface area (Å²) in [6, 6.07) is 16.0. The number of hydrogen-bond acceptors (Lipinski definition) is 7. The Morgan fingerprint density at radius 1 is 0.885 bits per heavy atom. The first-order chi connectivity index (χ1) is 24.6. The molecule has 2 aromatic carbocycles. The van der Waals surface area contributed by atoms with Crippen LogP contribution in [0.15, 0.2) is 67.0 Å². The summed E-state index contributed by atoms with van der Waals surface area (Å²) >= 11 is 4.54. The van der Waals surface area contributed by atoms with Gasteiger partial charge in [-0.15, -0.1) is 0 Å². The van der Waals surface area contributed by atoms with E-state index in [2.05, 4.69) is 76.0 Å². The van der Waals surface area contributed by atoms with Gasteiger partial charge in [0, 0.05) is 31.7 Å². The summed E-state index contributed by atoms with van der Waals surface area (Å²) in [5.74, 6) is -1.58. The molecule has 276 valence electrons. The third kappa shape index (κ3) is 8.66. The van der Waals surface area contributed by atoms with Gasteiger partial charge in [-0.05, 0) is 97.7 Å². The van der Waals surface area contributed by atoms with Crippen molar-refractivity contribution >= 4 is 48.0 Å². The molecular weight excluding hydrogens is 677 g/mol. The normalized spacial score (nSPS) is 16.5. The fourth-order valence-corrected chi connectivity index (χ4v) is 6.98. The average molecular weight is 727 g/mol. The number of aryl methyl sites for hydroxylation is 1. The molecule has 1 aliphatic heterocycles. The number of fused-ring (bicyclic) bond motifs is 3. The van der Waals surface area contributed by atoms with E-state index in [4.69, 9.17) is 0 Å². The van der Waals surface area contributed by atoms with Gasteiger partial charge < -0.3 is 20.9 Å². The Bertz CT molecular complexity index is 1820. The zero-order chi connectivity index (χ0) is 37.8. The number of rotatable bonds is 14. The van der Waals surface area contributed by atoms with Gasteiger partial charge in [0.05, 0.1) is 5.25 Å². The molecule has 2 aliphatic rings. The van der Waals surface area contributed by atoms with Crippen molar-refractivity contribution in [3.8, 4) is 11.1 Å². The van der Waals surface area contributed by atoms with Crippen molar-refractivity contribution in [1.82, 2.24) is 25.4 Å². The highest BCUT2D eigenvalue weighted by molar-refractivity contribution is 7.81. The quantitative estimate of drug-likeness (QED) is 0.102. The van der Waals surface area contributed by atoms with Crippen LogP contribution in [0.2, 0.25) is 0 Å². The molecule has 0 unspecified atom stereocenters. The lowest BCUT2D eigenvalue weighted by Gasteiger charge is -2.32. The van der Waals surface area contributed by atoms with Crippen molar-refractivity contribution in [1.29, 1.82) is 0 Å². The Labute approximate surface area is 311 Å². The fourth-order valence-electron chi connectivity index (χ4n) is 6.72. The molecular formula is C40H50N6O5S. The predicted octanol–water partition coefficient (Wildman–Crippen LogP) is 5.38. The number of pyridine rings is 1. The summed E-state index contributed by atoms with van der Waals surface area (Å²) in [5.41, 5.74) is 5.22. The molecule has 11 nitrogen and oxygen atoms in total. The van der Waals surface area contributed by atoms with Crippen molar-refractivity contribution in [3.63, 3.8) is 0 Å². The second kappa shape index (κ2) is 15.9. The zero-order valence-corrected chi connectivity index (χ0v) is 31.8. The van der Waals surface area contributed by atoms with Crippen molar-refractivity contribution in [2.75, 3.05) is 18.9 Å². The Kier molecular flexibility index (Phi) is 11.8. The van der Waals surface area contributed by atoms with Gasteiger partial charge >= 0.3 is 6.03 Å². The van der Waals surface area contributed by atoms with E-state index in [0.29, 0.717) is 31.4 Å². The number of anilines is 1. The zero-order valence-electron chi connectivity index (χ0n) is 30.9. The molecule has 3 atom stereocenters. The second-order valence-corrected chi connectivity index (χ2v) is 16.0. The van der Waals surface area contributed by atoms with E-state index in [1.165, 1.54) is 32.1 Å². The molecule has 1 fully saturated rings. The monoisotopic (exact) mass is 726 g/mol. The number of carbonyl (C=O) groups excluding carboxylic acids is 5. The minimum Gasteiger partial charge on any atom is -0.343 e. The number of nitrogens with zero attached hydrogens (tertiary/aromatic N) is 3. The number of nitrogens with one attached hydrogen (secondary N) is 3. The maximum absolute atomic E-state index is 14.0. The molecule has 2 heterocycles. The highest BCUT2D eigenvalue weighted by Gasteiger charge is 2.48. The predicted molar refractivity (Wildman–Crippen MR) is 205 cm³/mol. The van der Waals surface area contributed by atoms with E-state index < -0.39 is 40.1 Å². The smallest absolute Gasteiger partial charge is 0.327 e. The van der Waals surface area contributed by atoms with Crippen LogP contribution in [-0.4, -0.2) is 80.9 Å². The maximum Gasteiger partial charge on any atom is 0.327 e. The van der Waals surface area contributed by atoms with Gasteiger partial charge in [-0.3, -0.25) is 29.1 Å². The van der Waals surface area contributed by atoms with E-state index in [9.17, 15) is 24.0 Å². The third-order valence-corrected chi connectivity index (χ3v) is 10.6. The van der Waals surface area contributed by atoms with E-state index in [0.717, 1.165) is 12.0 Å². The van der Waals surface area contributed by atoms with Crippen molar-refractivity contribution in [2.45, 2.75) is 96.0 Å². The number of urea groups is 1. The first-order valence-corrected chi connectivity index (χ1v) is 18.4. The number of likely N-dealkylation sites (N-methyl/N-ethyl adjacent to an activating group) is 1. The SMILES string of the molecule is CN1C(=O)N(CCC[C@H](S)C(=O)N[C@@H](CCCc2ccc3c(c2)Cc2ccccc2-3)C(=O)N[C@H](C(=O)Nc2ccncc2)C(C)(C)C)C(=O)C1(C)C. The number of carbonyl (C=O) groups is 5. The third-order valence-electron chi connectivity index (χ3n) is 10.1. The van der Waals surface area contributed by atoms with Crippen LogP contribution in [0, 0.1) is 5.41 Å². The van der Waals surface area contributed by atoms with E-state index in [1.807, 2.05) is 20.8 Å². The Morgan fingerprint density at radius 3 is 2.25 bits per heavy atom. The summed E-state index contributed by atoms with van der Waals surface area (Å²) in [5, 5.41) is 7.88. The van der Waals surface area contributed by atoms with Crippen LogP contribution in [0.25, 0.3) is 11.1 Å². The molecule has 1 aromatic heterocycles. The van der Waals surface area contributed by atoms with E-state index in [-0.39, 0.29) is 30.8 Å². The van der Waals surface area contributed by atoms with Gasteiger partial charge in [0.2, 0.25) is 17.7 Å². The van der Waals surface area contributed by atoms with Gasteiger partial charge in [-0.2, -0.15) is 12.6 Å². The largest absolute Gasteiger partial charge is 0.343 e. The molecule has 5 rings (SSSR count). The van der Waals surface area contributed by atoms with E-state index in [1.54, 1.807) is 45.4 Å². The standard InChI is InChI=1S/C40H50N6O5S/c1-39(2,3)33(36(49)42-28-18-20-41-21-19-28)44-34(47)31(14-9-11-25-16-17-30-27(23-25)24-26-12-7-8-13-29(26)30)43-35(48)32(52)15-10-22-46-37(50)40(4,5)45(6)38(46)51/h7-8,12-13,16-21,23,31-33,52H,9-11,14-15,22,24H2,1-6H3,(H,43,48)(H,44,47)(H,41,42,49)/t31-,32-,33+/m0/s1. The second-order valence-electron chi connectivity index (χ2n) is 15.3. The Balaban J connectivity index is 1.25. The molecule has 0 bridgehead atoms. The molecule has 3 aromatic rings. The molecule has 6 amide bonds. The summed E-state index contributed by atoms with van der Waals surface area (Å²) in [6.07, 6.45) is 6.29.